The van der Waals surface area contributed by atoms with E-state index in [1.54, 1.807) is 0 Å². The van der Waals surface area contributed by atoms with Gasteiger partial charge in [-0.1, -0.05) is 12.1 Å². The third kappa shape index (κ3) is 4.10. The topological polar surface area (TPSA) is 59.0 Å². The van der Waals surface area contributed by atoms with Crippen molar-refractivity contribution >= 4 is 16.9 Å². The summed E-state index contributed by atoms with van der Waals surface area (Å²) in [6.07, 6.45) is 3.36. The lowest BCUT2D eigenvalue weighted by Crippen LogP contribution is -2.36. The van der Waals surface area contributed by atoms with E-state index in [2.05, 4.69) is 35.1 Å². The molecule has 5 heteroatoms. The minimum atomic E-state index is 0.0675. The maximum Gasteiger partial charge on any atom is 0.233 e. The van der Waals surface area contributed by atoms with Gasteiger partial charge >= 0.3 is 0 Å². The van der Waals surface area contributed by atoms with Gasteiger partial charge in [0.2, 0.25) is 5.91 Å². The van der Waals surface area contributed by atoms with Crippen LogP contribution in [0.5, 0.6) is 0 Å². The van der Waals surface area contributed by atoms with Crippen molar-refractivity contribution in [3.8, 4) is 0 Å². The molecule has 2 N–H and O–H groups in total. The Morgan fingerprint density at radius 3 is 2.87 bits per heavy atom. The number of carbonyl (C=O) groups is 1. The van der Waals surface area contributed by atoms with E-state index in [4.69, 9.17) is 4.98 Å². The summed E-state index contributed by atoms with van der Waals surface area (Å²) in [5.41, 5.74) is 2.18. The Hall–Kier alpha value is -1.88. The molecule has 0 atom stereocenters. The van der Waals surface area contributed by atoms with E-state index in [1.807, 2.05) is 18.2 Å². The van der Waals surface area contributed by atoms with Gasteiger partial charge in [-0.2, -0.15) is 0 Å². The highest BCUT2D eigenvalue weighted by Crippen LogP contribution is 2.27. The molecule has 1 saturated carbocycles. The van der Waals surface area contributed by atoms with Crippen LogP contribution in [0.2, 0.25) is 0 Å². The molecule has 0 unspecified atom stereocenters. The summed E-state index contributed by atoms with van der Waals surface area (Å²) in [5.74, 6) is 1.90. The number of rotatable bonds is 8. The summed E-state index contributed by atoms with van der Waals surface area (Å²) in [6, 6.07) is 8.55. The van der Waals surface area contributed by atoms with Crippen LogP contribution in [0.25, 0.3) is 11.0 Å². The number of benzene rings is 1. The SMILES string of the molecule is CC(C)n1c(CCNC(=O)CNCC2CC2)nc2ccccc21. The van der Waals surface area contributed by atoms with Crippen molar-refractivity contribution in [2.24, 2.45) is 5.92 Å². The van der Waals surface area contributed by atoms with Gasteiger partial charge in [0.1, 0.15) is 5.82 Å². The van der Waals surface area contributed by atoms with Crippen molar-refractivity contribution in [3.63, 3.8) is 0 Å². The molecule has 1 heterocycles. The highest BCUT2D eigenvalue weighted by molar-refractivity contribution is 5.78. The molecule has 23 heavy (non-hydrogen) atoms. The normalized spacial score (nSPS) is 14.6. The first-order valence-electron chi connectivity index (χ1n) is 8.58. The minimum absolute atomic E-state index is 0.0675. The molecule has 1 amide bonds. The second-order valence-electron chi connectivity index (χ2n) is 6.65. The molecule has 1 aromatic carbocycles. The first-order valence-corrected chi connectivity index (χ1v) is 8.58. The molecule has 2 aromatic rings. The number of carbonyl (C=O) groups excluding carboxylic acids is 1. The lowest BCUT2D eigenvalue weighted by Gasteiger charge is -2.13. The van der Waals surface area contributed by atoms with Crippen LogP contribution in [-0.4, -0.2) is 35.1 Å². The summed E-state index contributed by atoms with van der Waals surface area (Å²) in [6.45, 7) is 6.34. The van der Waals surface area contributed by atoms with Gasteiger partial charge in [0.25, 0.3) is 0 Å². The van der Waals surface area contributed by atoms with Crippen LogP contribution in [0.15, 0.2) is 24.3 Å². The van der Waals surface area contributed by atoms with E-state index in [-0.39, 0.29) is 5.91 Å². The van der Waals surface area contributed by atoms with Gasteiger partial charge in [0.15, 0.2) is 0 Å². The molecule has 0 aliphatic heterocycles. The van der Waals surface area contributed by atoms with Gasteiger partial charge in [0.05, 0.1) is 17.6 Å². The Balaban J connectivity index is 1.54. The highest BCUT2D eigenvalue weighted by atomic mass is 16.1. The summed E-state index contributed by atoms with van der Waals surface area (Å²) >= 11 is 0. The summed E-state index contributed by atoms with van der Waals surface area (Å²) < 4.78 is 2.26. The van der Waals surface area contributed by atoms with E-state index >= 15 is 0 Å². The number of para-hydroxylation sites is 2. The van der Waals surface area contributed by atoms with Gasteiger partial charge in [-0.15, -0.1) is 0 Å². The van der Waals surface area contributed by atoms with Crippen molar-refractivity contribution in [1.29, 1.82) is 0 Å². The third-order valence-electron chi connectivity index (χ3n) is 4.27. The molecule has 0 bridgehead atoms. The van der Waals surface area contributed by atoms with Crippen molar-refractivity contribution in [1.82, 2.24) is 20.2 Å². The third-order valence-corrected chi connectivity index (χ3v) is 4.27. The van der Waals surface area contributed by atoms with Crippen molar-refractivity contribution < 1.29 is 4.79 Å². The summed E-state index contributed by atoms with van der Waals surface area (Å²) in [5, 5.41) is 6.20. The zero-order chi connectivity index (χ0) is 16.2. The number of nitrogens with zero attached hydrogens (tertiary/aromatic N) is 2. The maximum absolute atomic E-state index is 11.8. The molecular formula is C18H26N4O. The van der Waals surface area contributed by atoms with Crippen LogP contribution < -0.4 is 10.6 Å². The van der Waals surface area contributed by atoms with Crippen LogP contribution in [0.3, 0.4) is 0 Å². The van der Waals surface area contributed by atoms with Gasteiger partial charge < -0.3 is 15.2 Å². The summed E-state index contributed by atoms with van der Waals surface area (Å²) in [4.78, 5) is 16.5. The van der Waals surface area contributed by atoms with E-state index in [9.17, 15) is 4.79 Å². The number of hydrogen-bond acceptors (Lipinski definition) is 3. The van der Waals surface area contributed by atoms with Crippen LogP contribution in [0.4, 0.5) is 0 Å². The molecule has 0 spiro atoms. The zero-order valence-electron chi connectivity index (χ0n) is 14.0. The number of imidazole rings is 1. The Bertz CT molecular complexity index is 673. The average Bonchev–Trinajstić information content (AvgIpc) is 3.26. The second-order valence-corrected chi connectivity index (χ2v) is 6.65. The summed E-state index contributed by atoms with van der Waals surface area (Å²) in [7, 11) is 0. The predicted molar refractivity (Wildman–Crippen MR) is 92.4 cm³/mol. The average molecular weight is 314 g/mol. The van der Waals surface area contributed by atoms with Gasteiger partial charge in [-0.3, -0.25) is 4.79 Å². The van der Waals surface area contributed by atoms with Crippen LogP contribution >= 0.6 is 0 Å². The van der Waals surface area contributed by atoms with E-state index < -0.39 is 0 Å². The van der Waals surface area contributed by atoms with Gasteiger partial charge in [0, 0.05) is 19.0 Å². The number of hydrogen-bond donors (Lipinski definition) is 2. The molecular weight excluding hydrogens is 288 g/mol. The standard InChI is InChI=1S/C18H26N4O/c1-13(2)22-16-6-4-3-5-15(16)21-17(22)9-10-20-18(23)12-19-11-14-7-8-14/h3-6,13-14,19H,7-12H2,1-2H3,(H,20,23). The number of amides is 1. The molecule has 5 nitrogen and oxygen atoms in total. The van der Waals surface area contributed by atoms with E-state index in [0.29, 0.717) is 19.1 Å². The Morgan fingerprint density at radius 1 is 1.35 bits per heavy atom. The first-order chi connectivity index (χ1) is 11.1. The van der Waals surface area contributed by atoms with Gasteiger partial charge in [-0.25, -0.2) is 4.98 Å². The van der Waals surface area contributed by atoms with Crippen molar-refractivity contribution in [2.75, 3.05) is 19.6 Å². The van der Waals surface area contributed by atoms with E-state index in [0.717, 1.165) is 35.7 Å². The lowest BCUT2D eigenvalue weighted by molar-refractivity contribution is -0.120. The molecule has 124 valence electrons. The van der Waals surface area contributed by atoms with Crippen LogP contribution in [-0.2, 0) is 11.2 Å². The number of nitrogens with one attached hydrogen (secondary N) is 2. The molecule has 3 rings (SSSR count). The minimum Gasteiger partial charge on any atom is -0.355 e. The van der Waals surface area contributed by atoms with Crippen molar-refractivity contribution in [2.45, 2.75) is 39.2 Å². The fraction of sp³-hybridized carbons (Fsp3) is 0.556. The Labute approximate surface area is 137 Å². The predicted octanol–water partition coefficient (Wildman–Crippen LogP) is 2.28. The highest BCUT2D eigenvalue weighted by Gasteiger charge is 2.20. The van der Waals surface area contributed by atoms with E-state index in [1.165, 1.54) is 12.8 Å². The molecule has 1 aromatic heterocycles. The lowest BCUT2D eigenvalue weighted by atomic mass is 10.3. The first kappa shape index (κ1) is 16.0. The largest absolute Gasteiger partial charge is 0.355 e. The smallest absolute Gasteiger partial charge is 0.233 e. The monoisotopic (exact) mass is 314 g/mol. The molecule has 1 fully saturated rings. The van der Waals surface area contributed by atoms with Crippen LogP contribution in [0, 0.1) is 5.92 Å². The number of aromatic nitrogens is 2. The zero-order valence-corrected chi connectivity index (χ0v) is 14.0. The Kier molecular flexibility index (Phi) is 4.96. The fourth-order valence-electron chi connectivity index (χ4n) is 2.93. The number of fused-ring (bicyclic) bond motifs is 1. The molecule has 1 aliphatic rings. The van der Waals surface area contributed by atoms with Crippen LogP contribution in [0.1, 0.15) is 38.6 Å². The second kappa shape index (κ2) is 7.13. The molecule has 0 radical (unpaired) electrons. The van der Waals surface area contributed by atoms with Crippen molar-refractivity contribution in [3.05, 3.63) is 30.1 Å². The quantitative estimate of drug-likeness (QED) is 0.786. The Morgan fingerprint density at radius 2 is 2.13 bits per heavy atom. The molecule has 0 saturated heterocycles. The fourth-order valence-corrected chi connectivity index (χ4v) is 2.93. The van der Waals surface area contributed by atoms with Gasteiger partial charge in [-0.05, 0) is 51.3 Å². The molecule has 1 aliphatic carbocycles. The maximum atomic E-state index is 11.8.